The highest BCUT2D eigenvalue weighted by Gasteiger charge is 2.14. The molecule has 0 bridgehead atoms. The predicted molar refractivity (Wildman–Crippen MR) is 45.2 cm³/mol. The Morgan fingerprint density at radius 1 is 1.64 bits per heavy atom. The van der Waals surface area contributed by atoms with E-state index in [2.05, 4.69) is 22.9 Å². The second-order valence-corrected chi connectivity index (χ2v) is 2.83. The summed E-state index contributed by atoms with van der Waals surface area (Å²) in [4.78, 5) is 2.29. The molecule has 0 aromatic heterocycles. The lowest BCUT2D eigenvalue weighted by molar-refractivity contribution is -0.482. The summed E-state index contributed by atoms with van der Waals surface area (Å²) in [6.07, 6.45) is 2.15. The minimum atomic E-state index is 0.823. The van der Waals surface area contributed by atoms with Gasteiger partial charge in [0.15, 0.2) is 0 Å². The molecule has 0 N–H and O–H groups in total. The van der Waals surface area contributed by atoms with E-state index in [1.807, 2.05) is 6.92 Å². The molecule has 0 amide bonds. The molecule has 0 spiro atoms. The van der Waals surface area contributed by atoms with Crippen LogP contribution in [-0.4, -0.2) is 55.7 Å². The Balaban J connectivity index is 2.08. The number of hydrogen-bond donors (Lipinski definition) is 0. The molecular weight excluding hydrogens is 140 g/mol. The van der Waals surface area contributed by atoms with Gasteiger partial charge in [0.05, 0.1) is 13.7 Å². The fourth-order valence-electron chi connectivity index (χ4n) is 1.18. The lowest BCUT2D eigenvalue weighted by atomic mass is 10.5. The normalized spacial score (nSPS) is 17.3. The third-order valence-corrected chi connectivity index (χ3v) is 1.83. The Morgan fingerprint density at radius 3 is 3.00 bits per heavy atom. The summed E-state index contributed by atoms with van der Waals surface area (Å²) in [7, 11) is 2.10. The first-order valence-electron chi connectivity index (χ1n) is 4.20. The van der Waals surface area contributed by atoms with Crippen molar-refractivity contribution in [3.05, 3.63) is 0 Å². The van der Waals surface area contributed by atoms with E-state index in [1.165, 1.54) is 0 Å². The average molecular weight is 157 g/mol. The number of rotatable bonds is 4. The first kappa shape index (κ1) is 8.53. The van der Waals surface area contributed by atoms with Crippen LogP contribution in [0.25, 0.3) is 0 Å². The van der Waals surface area contributed by atoms with Crippen LogP contribution >= 0.6 is 0 Å². The quantitative estimate of drug-likeness (QED) is 0.422. The molecule has 64 valence electrons. The molecule has 1 heterocycles. The van der Waals surface area contributed by atoms with Crippen LogP contribution in [0, 0.1) is 0 Å². The van der Waals surface area contributed by atoms with Gasteiger partial charge in [-0.2, -0.15) is 0 Å². The highest BCUT2D eigenvalue weighted by Crippen LogP contribution is 1.91. The zero-order valence-electron chi connectivity index (χ0n) is 7.42. The summed E-state index contributed by atoms with van der Waals surface area (Å²) in [6, 6.07) is 0. The zero-order valence-corrected chi connectivity index (χ0v) is 7.42. The maximum Gasteiger partial charge on any atom is 0.234 e. The van der Waals surface area contributed by atoms with E-state index in [0.717, 1.165) is 32.8 Å². The van der Waals surface area contributed by atoms with Gasteiger partial charge < -0.3 is 4.74 Å². The van der Waals surface area contributed by atoms with Crippen molar-refractivity contribution in [2.24, 2.45) is 0 Å². The first-order chi connectivity index (χ1) is 5.33. The van der Waals surface area contributed by atoms with E-state index in [9.17, 15) is 0 Å². The SMILES string of the molecule is CCOCCN1C=[N+](C)CC1. The molecule has 3 nitrogen and oxygen atoms in total. The lowest BCUT2D eigenvalue weighted by Crippen LogP contribution is -2.24. The van der Waals surface area contributed by atoms with Gasteiger partial charge in [-0.25, -0.2) is 0 Å². The van der Waals surface area contributed by atoms with Crippen LogP contribution in [0.3, 0.4) is 0 Å². The molecule has 1 aliphatic heterocycles. The van der Waals surface area contributed by atoms with E-state index in [4.69, 9.17) is 4.74 Å². The Morgan fingerprint density at radius 2 is 2.45 bits per heavy atom. The summed E-state index contributed by atoms with van der Waals surface area (Å²) in [6.45, 7) is 7.01. The monoisotopic (exact) mass is 157 g/mol. The maximum atomic E-state index is 5.25. The predicted octanol–water partition coefficient (Wildman–Crippen LogP) is 0.00910. The first-order valence-corrected chi connectivity index (χ1v) is 4.20. The second kappa shape index (κ2) is 4.34. The van der Waals surface area contributed by atoms with Crippen molar-refractivity contribution in [3.63, 3.8) is 0 Å². The van der Waals surface area contributed by atoms with Gasteiger partial charge in [0.1, 0.15) is 19.6 Å². The Kier molecular flexibility index (Phi) is 3.36. The van der Waals surface area contributed by atoms with Crippen molar-refractivity contribution in [2.45, 2.75) is 6.92 Å². The minimum Gasteiger partial charge on any atom is -0.378 e. The van der Waals surface area contributed by atoms with Crippen LogP contribution in [0.4, 0.5) is 0 Å². The molecule has 0 aromatic rings. The van der Waals surface area contributed by atoms with Gasteiger partial charge in [-0.05, 0) is 6.92 Å². The summed E-state index contributed by atoms with van der Waals surface area (Å²) in [5.74, 6) is 0. The third kappa shape index (κ3) is 2.89. The van der Waals surface area contributed by atoms with E-state index < -0.39 is 0 Å². The largest absolute Gasteiger partial charge is 0.378 e. The second-order valence-electron chi connectivity index (χ2n) is 2.83. The Hall–Kier alpha value is -0.570. The standard InChI is InChI=1S/C8H17N2O/c1-3-11-7-6-10-5-4-9(2)8-10/h8H,3-7H2,1-2H3/q+1. The number of likely N-dealkylation sites (N-methyl/N-ethyl adjacent to an activating group) is 1. The van der Waals surface area contributed by atoms with Gasteiger partial charge in [-0.1, -0.05) is 0 Å². The number of ether oxygens (including phenoxy) is 1. The zero-order chi connectivity index (χ0) is 8.10. The van der Waals surface area contributed by atoms with Gasteiger partial charge in [0, 0.05) is 6.61 Å². The highest BCUT2D eigenvalue weighted by atomic mass is 16.5. The molecule has 0 atom stereocenters. The summed E-state index contributed by atoms with van der Waals surface area (Å²) in [5.41, 5.74) is 0. The van der Waals surface area contributed by atoms with Gasteiger partial charge in [-0.15, -0.1) is 0 Å². The molecule has 0 saturated carbocycles. The molecule has 3 heteroatoms. The fraction of sp³-hybridized carbons (Fsp3) is 0.875. The molecule has 0 unspecified atom stereocenters. The molecule has 1 rings (SSSR count). The van der Waals surface area contributed by atoms with Crippen molar-refractivity contribution in [3.8, 4) is 0 Å². The summed E-state index contributed by atoms with van der Waals surface area (Å²) < 4.78 is 7.45. The van der Waals surface area contributed by atoms with Crippen molar-refractivity contribution in [1.82, 2.24) is 4.90 Å². The van der Waals surface area contributed by atoms with E-state index in [-0.39, 0.29) is 0 Å². The van der Waals surface area contributed by atoms with Crippen LogP contribution in [0.1, 0.15) is 6.92 Å². The van der Waals surface area contributed by atoms with E-state index in [0.29, 0.717) is 0 Å². The Bertz CT molecular complexity index is 145. The summed E-state index contributed by atoms with van der Waals surface area (Å²) in [5, 5.41) is 0. The minimum absolute atomic E-state index is 0.823. The number of nitrogens with zero attached hydrogens (tertiary/aromatic N) is 2. The maximum absolute atomic E-state index is 5.25. The van der Waals surface area contributed by atoms with E-state index >= 15 is 0 Å². The van der Waals surface area contributed by atoms with Crippen LogP contribution < -0.4 is 0 Å². The van der Waals surface area contributed by atoms with Crippen molar-refractivity contribution in [2.75, 3.05) is 39.9 Å². The van der Waals surface area contributed by atoms with Crippen molar-refractivity contribution in [1.29, 1.82) is 0 Å². The fourth-order valence-corrected chi connectivity index (χ4v) is 1.18. The van der Waals surface area contributed by atoms with Crippen LogP contribution in [0.2, 0.25) is 0 Å². The molecule has 0 aliphatic carbocycles. The summed E-state index contributed by atoms with van der Waals surface area (Å²) >= 11 is 0. The lowest BCUT2D eigenvalue weighted by Gasteiger charge is -2.05. The van der Waals surface area contributed by atoms with Crippen molar-refractivity contribution >= 4 is 6.34 Å². The van der Waals surface area contributed by atoms with Gasteiger partial charge in [-0.3, -0.25) is 9.48 Å². The van der Waals surface area contributed by atoms with Crippen LogP contribution in [0.15, 0.2) is 0 Å². The molecule has 11 heavy (non-hydrogen) atoms. The molecule has 0 radical (unpaired) electrons. The third-order valence-electron chi connectivity index (χ3n) is 1.83. The van der Waals surface area contributed by atoms with Gasteiger partial charge in [0.25, 0.3) is 0 Å². The molecule has 0 aromatic carbocycles. The van der Waals surface area contributed by atoms with Crippen molar-refractivity contribution < 1.29 is 9.31 Å². The Labute approximate surface area is 68.3 Å². The topological polar surface area (TPSA) is 15.5 Å². The number of hydrogen-bond acceptors (Lipinski definition) is 2. The van der Waals surface area contributed by atoms with Crippen LogP contribution in [-0.2, 0) is 4.74 Å². The molecule has 0 fully saturated rings. The van der Waals surface area contributed by atoms with Gasteiger partial charge in [0.2, 0.25) is 6.34 Å². The molecule has 1 aliphatic rings. The van der Waals surface area contributed by atoms with Crippen LogP contribution in [0.5, 0.6) is 0 Å². The van der Waals surface area contributed by atoms with E-state index in [1.54, 1.807) is 0 Å². The highest BCUT2D eigenvalue weighted by molar-refractivity contribution is 5.50. The molecular formula is C8H17N2O+. The van der Waals surface area contributed by atoms with Gasteiger partial charge >= 0.3 is 0 Å². The molecule has 0 saturated heterocycles. The smallest absolute Gasteiger partial charge is 0.234 e. The average Bonchev–Trinajstić information content (AvgIpc) is 2.37.